The summed E-state index contributed by atoms with van der Waals surface area (Å²) in [7, 11) is 0. The van der Waals surface area contributed by atoms with Crippen molar-refractivity contribution in [2.75, 3.05) is 0 Å². The Morgan fingerprint density at radius 1 is 0.826 bits per heavy atom. The summed E-state index contributed by atoms with van der Waals surface area (Å²) in [6, 6.07) is 13.3. The van der Waals surface area contributed by atoms with Gasteiger partial charge >= 0.3 is 0 Å². The third-order valence-corrected chi connectivity index (χ3v) is 6.68. The van der Waals surface area contributed by atoms with E-state index in [0.717, 1.165) is 0 Å². The van der Waals surface area contributed by atoms with Gasteiger partial charge in [-0.15, -0.1) is 11.3 Å². The van der Waals surface area contributed by atoms with E-state index in [1.807, 2.05) is 11.3 Å². The smallest absolute Gasteiger partial charge is 0.0345 e. The van der Waals surface area contributed by atoms with Gasteiger partial charge in [-0.25, -0.2) is 0 Å². The van der Waals surface area contributed by atoms with Crippen LogP contribution in [0.5, 0.6) is 0 Å². The van der Waals surface area contributed by atoms with E-state index < -0.39 is 0 Å². The monoisotopic (exact) mass is 318 g/mol. The molecule has 0 amide bonds. The molecular formula is C22H22S. The summed E-state index contributed by atoms with van der Waals surface area (Å²) in [5.41, 5.74) is 10.4. The maximum Gasteiger partial charge on any atom is 0.0345 e. The maximum atomic E-state index is 2.51. The minimum absolute atomic E-state index is 0.468. The highest BCUT2D eigenvalue weighted by molar-refractivity contribution is 7.11. The third-order valence-electron chi connectivity index (χ3n) is 5.78. The molecule has 1 unspecified atom stereocenters. The van der Waals surface area contributed by atoms with Crippen molar-refractivity contribution in [1.82, 2.24) is 0 Å². The van der Waals surface area contributed by atoms with Crippen molar-refractivity contribution in [2.24, 2.45) is 5.92 Å². The van der Waals surface area contributed by atoms with Gasteiger partial charge in [0.15, 0.2) is 0 Å². The summed E-state index contributed by atoms with van der Waals surface area (Å²) in [5, 5.41) is 2.17. The lowest BCUT2D eigenvalue weighted by molar-refractivity contribution is 0.648. The summed E-state index contributed by atoms with van der Waals surface area (Å²) in [6.45, 7) is 9.19. The van der Waals surface area contributed by atoms with E-state index in [-0.39, 0.29) is 0 Å². The highest BCUT2D eigenvalue weighted by Gasteiger charge is 2.36. The molecule has 4 rings (SSSR count). The van der Waals surface area contributed by atoms with E-state index in [2.05, 4.69) is 75.5 Å². The molecule has 23 heavy (non-hydrogen) atoms. The molecule has 2 aromatic rings. The van der Waals surface area contributed by atoms with Crippen molar-refractivity contribution >= 4 is 16.9 Å². The van der Waals surface area contributed by atoms with E-state index >= 15 is 0 Å². The number of rotatable bonds is 2. The summed E-state index contributed by atoms with van der Waals surface area (Å²) in [5.74, 6) is 0.990. The predicted molar refractivity (Wildman–Crippen MR) is 101 cm³/mol. The molecule has 1 atom stereocenters. The Kier molecular flexibility index (Phi) is 3.42. The standard InChI is InChI=1S/C22H22S/c1-13-14(2)16(4)22(15(13)3)20-12-19(21-10-7-11-23-21)17-8-5-6-9-18(17)20/h5-12,20,22H,1-4H3. The zero-order valence-corrected chi connectivity index (χ0v) is 15.0. The van der Waals surface area contributed by atoms with Gasteiger partial charge in [-0.2, -0.15) is 0 Å². The van der Waals surface area contributed by atoms with Gasteiger partial charge in [-0.05, 0) is 67.0 Å². The molecule has 0 saturated carbocycles. The average Bonchev–Trinajstić information content (AvgIpc) is 3.24. The molecular weight excluding hydrogens is 296 g/mol. The molecule has 2 aliphatic rings. The number of hydrogen-bond acceptors (Lipinski definition) is 1. The first-order chi connectivity index (χ1) is 11.1. The molecule has 0 N–H and O–H groups in total. The topological polar surface area (TPSA) is 0 Å². The van der Waals surface area contributed by atoms with Crippen LogP contribution in [0.4, 0.5) is 0 Å². The van der Waals surface area contributed by atoms with Gasteiger partial charge in [0.1, 0.15) is 0 Å². The highest BCUT2D eigenvalue weighted by Crippen LogP contribution is 2.51. The van der Waals surface area contributed by atoms with E-state index in [1.165, 1.54) is 32.7 Å². The lowest BCUT2D eigenvalue weighted by Crippen LogP contribution is -2.11. The number of allylic oxidation sites excluding steroid dienone is 5. The van der Waals surface area contributed by atoms with Gasteiger partial charge in [0.25, 0.3) is 0 Å². The first-order valence-corrected chi connectivity index (χ1v) is 9.17. The van der Waals surface area contributed by atoms with Crippen molar-refractivity contribution in [3.05, 3.63) is 86.2 Å². The van der Waals surface area contributed by atoms with Crippen LogP contribution in [0.15, 0.2) is 70.1 Å². The first-order valence-electron chi connectivity index (χ1n) is 8.29. The zero-order chi connectivity index (χ0) is 16.1. The summed E-state index contributed by atoms with van der Waals surface area (Å²) in [6.07, 6.45) is 2.51. The van der Waals surface area contributed by atoms with E-state index in [1.54, 1.807) is 11.1 Å². The van der Waals surface area contributed by atoms with Crippen LogP contribution < -0.4 is 0 Å². The molecule has 0 saturated heterocycles. The van der Waals surface area contributed by atoms with Gasteiger partial charge in [0, 0.05) is 16.7 Å². The number of hydrogen-bond donors (Lipinski definition) is 0. The molecule has 1 aromatic carbocycles. The fourth-order valence-electron chi connectivity index (χ4n) is 4.24. The van der Waals surface area contributed by atoms with Crippen LogP contribution >= 0.6 is 11.3 Å². The van der Waals surface area contributed by atoms with Crippen molar-refractivity contribution in [3.8, 4) is 0 Å². The average molecular weight is 318 g/mol. The second-order valence-corrected chi connectivity index (χ2v) is 7.71. The lowest BCUT2D eigenvalue weighted by Gasteiger charge is -2.23. The summed E-state index contributed by atoms with van der Waals surface area (Å²) in [4.78, 5) is 1.38. The van der Waals surface area contributed by atoms with Crippen LogP contribution in [0, 0.1) is 5.92 Å². The summed E-state index contributed by atoms with van der Waals surface area (Å²) >= 11 is 1.84. The quantitative estimate of drug-likeness (QED) is 0.586. The Morgan fingerprint density at radius 2 is 1.52 bits per heavy atom. The fraction of sp³-hybridized carbons (Fsp3) is 0.273. The van der Waals surface area contributed by atoms with Gasteiger partial charge in [-0.3, -0.25) is 0 Å². The number of thiophene rings is 1. The summed E-state index contributed by atoms with van der Waals surface area (Å²) < 4.78 is 0. The van der Waals surface area contributed by atoms with Crippen LogP contribution in [-0.2, 0) is 0 Å². The Morgan fingerprint density at radius 3 is 2.17 bits per heavy atom. The maximum absolute atomic E-state index is 2.51. The Bertz CT molecular complexity index is 835. The van der Waals surface area contributed by atoms with Crippen molar-refractivity contribution in [1.29, 1.82) is 0 Å². The van der Waals surface area contributed by atoms with Gasteiger partial charge in [-0.1, -0.05) is 47.6 Å². The van der Waals surface area contributed by atoms with Gasteiger partial charge < -0.3 is 0 Å². The molecule has 2 aliphatic carbocycles. The Labute approximate surface area is 142 Å². The van der Waals surface area contributed by atoms with Crippen LogP contribution in [0.1, 0.15) is 49.6 Å². The molecule has 0 fully saturated rings. The molecule has 0 aliphatic heterocycles. The molecule has 1 aromatic heterocycles. The van der Waals surface area contributed by atoms with Crippen LogP contribution in [0.3, 0.4) is 0 Å². The van der Waals surface area contributed by atoms with Crippen LogP contribution in [0.2, 0.25) is 0 Å². The first kappa shape index (κ1) is 14.7. The molecule has 0 radical (unpaired) electrons. The van der Waals surface area contributed by atoms with Crippen LogP contribution in [-0.4, -0.2) is 0 Å². The molecule has 0 nitrogen and oxygen atoms in total. The van der Waals surface area contributed by atoms with Crippen LogP contribution in [0.25, 0.3) is 5.57 Å². The van der Waals surface area contributed by atoms with Crippen molar-refractivity contribution in [2.45, 2.75) is 33.6 Å². The number of benzene rings is 1. The second kappa shape index (κ2) is 5.35. The van der Waals surface area contributed by atoms with Gasteiger partial charge in [0.2, 0.25) is 0 Å². The Balaban J connectivity index is 1.88. The molecule has 1 heteroatoms. The number of fused-ring (bicyclic) bond motifs is 1. The second-order valence-electron chi connectivity index (χ2n) is 6.76. The highest BCUT2D eigenvalue weighted by atomic mass is 32.1. The molecule has 1 heterocycles. The largest absolute Gasteiger partial charge is 0.144 e. The third kappa shape index (κ3) is 2.10. The van der Waals surface area contributed by atoms with E-state index in [9.17, 15) is 0 Å². The molecule has 0 bridgehead atoms. The Hall–Kier alpha value is -1.86. The normalized spacial score (nSPS) is 21.2. The fourth-order valence-corrected chi connectivity index (χ4v) is 5.00. The predicted octanol–water partition coefficient (Wildman–Crippen LogP) is 6.58. The SMILES string of the molecule is CC1=C(C)C(C2C=C(c3cccs3)c3ccccc32)C(C)=C1C. The minimum Gasteiger partial charge on any atom is -0.144 e. The van der Waals surface area contributed by atoms with E-state index in [0.29, 0.717) is 11.8 Å². The molecule has 0 spiro atoms. The molecule has 116 valence electrons. The minimum atomic E-state index is 0.468. The lowest BCUT2D eigenvalue weighted by atomic mass is 9.81. The van der Waals surface area contributed by atoms with Crippen molar-refractivity contribution in [3.63, 3.8) is 0 Å². The van der Waals surface area contributed by atoms with Gasteiger partial charge in [0.05, 0.1) is 0 Å². The zero-order valence-electron chi connectivity index (χ0n) is 14.2. The van der Waals surface area contributed by atoms with E-state index in [4.69, 9.17) is 0 Å². The van der Waals surface area contributed by atoms with Crippen molar-refractivity contribution < 1.29 is 0 Å².